The van der Waals surface area contributed by atoms with Crippen molar-refractivity contribution in [1.82, 2.24) is 14.7 Å². The SMILES string of the molecule is CCn1cc(NC(=O)C2CCN(C(=O)C(C)SC)CC2)cn1. The number of anilines is 1. The Morgan fingerprint density at radius 3 is 2.68 bits per heavy atom. The van der Waals surface area contributed by atoms with Crippen LogP contribution in [0.3, 0.4) is 0 Å². The Hall–Kier alpha value is -1.50. The fraction of sp³-hybridized carbons (Fsp3) is 0.667. The molecule has 1 saturated heterocycles. The number of hydrogen-bond acceptors (Lipinski definition) is 4. The van der Waals surface area contributed by atoms with E-state index in [4.69, 9.17) is 0 Å². The van der Waals surface area contributed by atoms with E-state index in [1.165, 1.54) is 0 Å². The maximum atomic E-state index is 12.3. The molecule has 1 aromatic heterocycles. The Morgan fingerprint density at radius 2 is 2.14 bits per heavy atom. The number of nitrogens with zero attached hydrogens (tertiary/aromatic N) is 3. The number of likely N-dealkylation sites (tertiary alicyclic amines) is 1. The van der Waals surface area contributed by atoms with E-state index < -0.39 is 0 Å². The first-order valence-electron chi connectivity index (χ1n) is 7.70. The number of nitrogens with one attached hydrogen (secondary N) is 1. The summed E-state index contributed by atoms with van der Waals surface area (Å²) in [7, 11) is 0. The van der Waals surface area contributed by atoms with Gasteiger partial charge < -0.3 is 10.2 Å². The highest BCUT2D eigenvalue weighted by Gasteiger charge is 2.29. The van der Waals surface area contributed by atoms with Crippen molar-refractivity contribution in [3.8, 4) is 0 Å². The van der Waals surface area contributed by atoms with Crippen molar-refractivity contribution in [2.75, 3.05) is 24.7 Å². The summed E-state index contributed by atoms with van der Waals surface area (Å²) < 4.78 is 1.78. The van der Waals surface area contributed by atoms with Gasteiger partial charge in [0.25, 0.3) is 0 Å². The van der Waals surface area contributed by atoms with Crippen LogP contribution in [0, 0.1) is 5.92 Å². The zero-order chi connectivity index (χ0) is 16.1. The van der Waals surface area contributed by atoms with Gasteiger partial charge >= 0.3 is 0 Å². The van der Waals surface area contributed by atoms with E-state index in [0.717, 1.165) is 25.1 Å². The van der Waals surface area contributed by atoms with Crippen molar-refractivity contribution in [3.63, 3.8) is 0 Å². The molecule has 0 aromatic carbocycles. The van der Waals surface area contributed by atoms with Crippen LogP contribution in [0.4, 0.5) is 5.69 Å². The van der Waals surface area contributed by atoms with Gasteiger partial charge in [0.1, 0.15) is 0 Å². The predicted molar refractivity (Wildman–Crippen MR) is 88.8 cm³/mol. The molecule has 7 heteroatoms. The fourth-order valence-electron chi connectivity index (χ4n) is 2.57. The van der Waals surface area contributed by atoms with Gasteiger partial charge in [-0.05, 0) is 32.9 Å². The Labute approximate surface area is 135 Å². The summed E-state index contributed by atoms with van der Waals surface area (Å²) in [6.07, 6.45) is 6.89. The third-order valence-electron chi connectivity index (χ3n) is 4.10. The number of aromatic nitrogens is 2. The molecule has 1 atom stereocenters. The summed E-state index contributed by atoms with van der Waals surface area (Å²) in [5.41, 5.74) is 0.737. The average molecular weight is 324 g/mol. The molecule has 22 heavy (non-hydrogen) atoms. The summed E-state index contributed by atoms with van der Waals surface area (Å²) in [5, 5.41) is 7.05. The van der Waals surface area contributed by atoms with Crippen LogP contribution in [-0.2, 0) is 16.1 Å². The molecule has 0 aliphatic carbocycles. The third kappa shape index (κ3) is 4.03. The van der Waals surface area contributed by atoms with E-state index in [0.29, 0.717) is 13.1 Å². The molecule has 2 heterocycles. The van der Waals surface area contributed by atoms with Crippen molar-refractivity contribution in [2.45, 2.75) is 38.5 Å². The Kier molecular flexibility index (Phi) is 5.88. The minimum absolute atomic E-state index is 0.00902. The lowest BCUT2D eigenvalue weighted by molar-refractivity contribution is -0.133. The monoisotopic (exact) mass is 324 g/mol. The van der Waals surface area contributed by atoms with Crippen molar-refractivity contribution in [3.05, 3.63) is 12.4 Å². The molecule has 0 saturated carbocycles. The number of hydrogen-bond donors (Lipinski definition) is 1. The number of thioether (sulfide) groups is 1. The molecular formula is C15H24N4O2S. The van der Waals surface area contributed by atoms with Gasteiger partial charge in [-0.3, -0.25) is 14.3 Å². The molecule has 122 valence electrons. The van der Waals surface area contributed by atoms with Gasteiger partial charge in [0.2, 0.25) is 11.8 Å². The van der Waals surface area contributed by atoms with Gasteiger partial charge in [-0.15, -0.1) is 0 Å². The standard InChI is InChI=1S/C15H24N4O2S/c1-4-19-10-13(9-16-19)17-14(20)12-5-7-18(8-6-12)15(21)11(2)22-3/h9-12H,4-8H2,1-3H3,(H,17,20). The minimum atomic E-state index is -0.0291. The van der Waals surface area contributed by atoms with E-state index >= 15 is 0 Å². The van der Waals surface area contributed by atoms with E-state index in [2.05, 4.69) is 10.4 Å². The van der Waals surface area contributed by atoms with E-state index in [1.807, 2.05) is 31.2 Å². The number of carbonyl (C=O) groups excluding carboxylic acids is 2. The fourth-order valence-corrected chi connectivity index (χ4v) is 2.92. The van der Waals surface area contributed by atoms with Gasteiger partial charge in [-0.1, -0.05) is 0 Å². The summed E-state index contributed by atoms with van der Waals surface area (Å²) >= 11 is 1.56. The largest absolute Gasteiger partial charge is 0.342 e. The van der Waals surface area contributed by atoms with Crippen LogP contribution >= 0.6 is 11.8 Å². The highest BCUT2D eigenvalue weighted by atomic mass is 32.2. The number of aryl methyl sites for hydroxylation is 1. The summed E-state index contributed by atoms with van der Waals surface area (Å²) in [6, 6.07) is 0. The molecule has 1 aliphatic rings. The van der Waals surface area contributed by atoms with Gasteiger partial charge in [0, 0.05) is 31.7 Å². The first-order chi connectivity index (χ1) is 10.5. The van der Waals surface area contributed by atoms with E-state index in [9.17, 15) is 9.59 Å². The zero-order valence-corrected chi connectivity index (χ0v) is 14.2. The van der Waals surface area contributed by atoms with Crippen LogP contribution in [0.25, 0.3) is 0 Å². The quantitative estimate of drug-likeness (QED) is 0.897. The second kappa shape index (κ2) is 7.67. The molecule has 0 bridgehead atoms. The zero-order valence-electron chi connectivity index (χ0n) is 13.4. The second-order valence-electron chi connectivity index (χ2n) is 5.55. The third-order valence-corrected chi connectivity index (χ3v) is 5.01. The topological polar surface area (TPSA) is 67.2 Å². The molecule has 1 aromatic rings. The van der Waals surface area contributed by atoms with Gasteiger partial charge in [0.15, 0.2) is 0 Å². The molecule has 1 N–H and O–H groups in total. The maximum Gasteiger partial charge on any atom is 0.235 e. The van der Waals surface area contributed by atoms with Gasteiger partial charge in [-0.2, -0.15) is 16.9 Å². The van der Waals surface area contributed by atoms with Crippen LogP contribution < -0.4 is 5.32 Å². The highest BCUT2D eigenvalue weighted by molar-refractivity contribution is 7.99. The molecular weight excluding hydrogens is 300 g/mol. The first kappa shape index (κ1) is 16.9. The lowest BCUT2D eigenvalue weighted by atomic mass is 9.95. The molecule has 2 amide bonds. The molecule has 2 rings (SSSR count). The van der Waals surface area contributed by atoms with Gasteiger partial charge in [0.05, 0.1) is 17.1 Å². The number of piperidine rings is 1. The maximum absolute atomic E-state index is 12.3. The second-order valence-corrected chi connectivity index (χ2v) is 6.73. The van der Waals surface area contributed by atoms with Crippen molar-refractivity contribution in [1.29, 1.82) is 0 Å². The minimum Gasteiger partial charge on any atom is -0.342 e. The van der Waals surface area contributed by atoms with Crippen LogP contribution in [0.1, 0.15) is 26.7 Å². The molecule has 6 nitrogen and oxygen atoms in total. The summed E-state index contributed by atoms with van der Waals surface area (Å²) in [6.45, 7) is 6.04. The number of carbonyl (C=O) groups is 2. The van der Waals surface area contributed by atoms with Crippen LogP contribution in [0.2, 0.25) is 0 Å². The van der Waals surface area contributed by atoms with Crippen LogP contribution in [0.15, 0.2) is 12.4 Å². The number of rotatable bonds is 5. The smallest absolute Gasteiger partial charge is 0.235 e. The Bertz CT molecular complexity index is 523. The molecule has 0 spiro atoms. The first-order valence-corrected chi connectivity index (χ1v) is 8.98. The van der Waals surface area contributed by atoms with Crippen molar-refractivity contribution in [2.24, 2.45) is 5.92 Å². The van der Waals surface area contributed by atoms with Crippen LogP contribution in [0.5, 0.6) is 0 Å². The van der Waals surface area contributed by atoms with Gasteiger partial charge in [-0.25, -0.2) is 0 Å². The van der Waals surface area contributed by atoms with Crippen molar-refractivity contribution >= 4 is 29.3 Å². The summed E-state index contributed by atoms with van der Waals surface area (Å²) in [5.74, 6) is 0.176. The lowest BCUT2D eigenvalue weighted by Gasteiger charge is -2.32. The van der Waals surface area contributed by atoms with E-state index in [-0.39, 0.29) is 23.0 Å². The molecule has 1 aliphatic heterocycles. The molecule has 1 fully saturated rings. The average Bonchev–Trinajstić information content (AvgIpc) is 3.01. The normalized spacial score (nSPS) is 17.3. The van der Waals surface area contributed by atoms with Crippen LogP contribution in [-0.4, -0.2) is 51.1 Å². The molecule has 1 unspecified atom stereocenters. The predicted octanol–water partition coefficient (Wildman–Crippen LogP) is 1.83. The number of amides is 2. The molecule has 0 radical (unpaired) electrons. The Morgan fingerprint density at radius 1 is 1.45 bits per heavy atom. The Balaban J connectivity index is 1.83. The van der Waals surface area contributed by atoms with Crippen molar-refractivity contribution < 1.29 is 9.59 Å². The highest BCUT2D eigenvalue weighted by Crippen LogP contribution is 2.21. The van der Waals surface area contributed by atoms with E-state index in [1.54, 1.807) is 22.6 Å². The lowest BCUT2D eigenvalue weighted by Crippen LogP contribution is -2.44. The summed E-state index contributed by atoms with van der Waals surface area (Å²) in [4.78, 5) is 26.3.